The van der Waals surface area contributed by atoms with Gasteiger partial charge in [-0.25, -0.2) is 18.0 Å². The molecule has 0 radical (unpaired) electrons. The molecule has 1 aromatic carbocycles. The summed E-state index contributed by atoms with van der Waals surface area (Å²) in [6.45, 7) is -0.787. The average Bonchev–Trinajstić information content (AvgIpc) is 2.74. The Morgan fingerprint density at radius 1 is 1.46 bits per heavy atom. The third kappa shape index (κ3) is 4.59. The fourth-order valence-electron chi connectivity index (χ4n) is 1.62. The van der Waals surface area contributed by atoms with Gasteiger partial charge in [0, 0.05) is 6.07 Å². The Kier molecular flexibility index (Phi) is 5.74. The van der Waals surface area contributed by atoms with Crippen molar-refractivity contribution in [2.45, 2.75) is 6.73 Å². The first-order valence-corrected chi connectivity index (χ1v) is 8.67. The van der Waals surface area contributed by atoms with Crippen molar-refractivity contribution in [2.24, 2.45) is 0 Å². The second-order valence-electron chi connectivity index (χ2n) is 4.28. The van der Waals surface area contributed by atoms with Gasteiger partial charge < -0.3 is 15.1 Å². The minimum absolute atomic E-state index is 0.00139. The lowest BCUT2D eigenvalue weighted by molar-refractivity contribution is 0.0986. The number of phosphoric ester groups is 1. The molecule has 1 amide bonds. The Morgan fingerprint density at radius 3 is 2.71 bits per heavy atom. The number of halogens is 4. The van der Waals surface area contributed by atoms with Gasteiger partial charge in [0.05, 0.1) is 10.2 Å². The van der Waals surface area contributed by atoms with E-state index in [1.165, 1.54) is 0 Å². The highest BCUT2D eigenvalue weighted by Gasteiger charge is 2.24. The first-order valence-electron chi connectivity index (χ1n) is 5.97. The normalized spacial score (nSPS) is 11.6. The van der Waals surface area contributed by atoms with E-state index in [0.717, 1.165) is 16.8 Å². The third-order valence-electron chi connectivity index (χ3n) is 2.60. The Hall–Kier alpha value is -1.36. The van der Waals surface area contributed by atoms with Crippen molar-refractivity contribution in [3.63, 3.8) is 0 Å². The summed E-state index contributed by atoms with van der Waals surface area (Å²) in [5.74, 6) is -2.75. The Balaban J connectivity index is 2.29. The smallest absolute Gasteiger partial charge is 0.318 e. The van der Waals surface area contributed by atoms with Gasteiger partial charge in [-0.2, -0.15) is 5.10 Å². The van der Waals surface area contributed by atoms with E-state index in [0.29, 0.717) is 6.07 Å². The summed E-state index contributed by atoms with van der Waals surface area (Å²) in [6.07, 6.45) is 0. The van der Waals surface area contributed by atoms with Crippen LogP contribution in [-0.4, -0.2) is 25.5 Å². The Bertz CT molecular complexity index is 843. The highest BCUT2D eigenvalue weighted by atomic mass is 79.9. The van der Waals surface area contributed by atoms with E-state index in [2.05, 4.69) is 30.9 Å². The number of carbonyl (C=O) groups excluding carboxylic acids is 1. The maximum absolute atomic E-state index is 13.6. The summed E-state index contributed by atoms with van der Waals surface area (Å²) < 4.78 is 42.2. The zero-order valence-electron chi connectivity index (χ0n) is 11.4. The molecule has 24 heavy (non-hydrogen) atoms. The lowest BCUT2D eigenvalue weighted by Crippen LogP contribution is -2.19. The second kappa shape index (κ2) is 7.26. The van der Waals surface area contributed by atoms with Crippen molar-refractivity contribution in [1.82, 2.24) is 9.78 Å². The zero-order chi connectivity index (χ0) is 18.1. The summed E-state index contributed by atoms with van der Waals surface area (Å²) in [5.41, 5.74) is -0.592. The number of hydrogen-bond donors (Lipinski definition) is 3. The minimum atomic E-state index is -4.82. The number of aromatic nitrogens is 2. The van der Waals surface area contributed by atoms with Crippen LogP contribution in [-0.2, 0) is 15.8 Å². The number of nitrogens with zero attached hydrogens (tertiary/aromatic N) is 2. The zero-order valence-corrected chi connectivity index (χ0v) is 14.6. The summed E-state index contributed by atoms with van der Waals surface area (Å²) in [6, 6.07) is 2.52. The van der Waals surface area contributed by atoms with Gasteiger partial charge in [-0.1, -0.05) is 11.6 Å². The van der Waals surface area contributed by atoms with Gasteiger partial charge in [0.2, 0.25) is 0 Å². The molecule has 130 valence electrons. The third-order valence-corrected chi connectivity index (χ3v) is 4.29. The molecular formula is C11H8BrClF2N3O5P. The van der Waals surface area contributed by atoms with Crippen molar-refractivity contribution in [3.05, 3.63) is 45.2 Å². The Labute approximate surface area is 146 Å². The number of anilines is 1. The number of carbonyl (C=O) groups is 1. The van der Waals surface area contributed by atoms with Crippen LogP contribution in [0.1, 0.15) is 10.5 Å². The lowest BCUT2D eigenvalue weighted by Gasteiger charge is -2.10. The van der Waals surface area contributed by atoms with Crippen LogP contribution in [0.25, 0.3) is 0 Å². The molecular weight excluding hydrogens is 438 g/mol. The molecule has 8 nitrogen and oxygen atoms in total. The molecule has 1 heterocycles. The largest absolute Gasteiger partial charge is 0.471 e. The van der Waals surface area contributed by atoms with Gasteiger partial charge in [0.1, 0.15) is 17.3 Å². The molecule has 0 spiro atoms. The first kappa shape index (κ1) is 19.0. The molecule has 0 saturated heterocycles. The van der Waals surface area contributed by atoms with Crippen LogP contribution in [0.5, 0.6) is 0 Å². The van der Waals surface area contributed by atoms with Crippen molar-refractivity contribution >= 4 is 46.9 Å². The molecule has 0 unspecified atom stereocenters. The van der Waals surface area contributed by atoms with Crippen molar-refractivity contribution in [2.75, 3.05) is 5.32 Å². The van der Waals surface area contributed by atoms with Crippen LogP contribution in [0.15, 0.2) is 22.7 Å². The Morgan fingerprint density at radius 2 is 2.12 bits per heavy atom. The van der Waals surface area contributed by atoms with Gasteiger partial charge in [-0.15, -0.1) is 0 Å². The summed E-state index contributed by atoms with van der Waals surface area (Å²) in [4.78, 5) is 29.7. The van der Waals surface area contributed by atoms with Gasteiger partial charge in [-0.3, -0.25) is 9.32 Å². The molecule has 0 atom stereocenters. The first-order chi connectivity index (χ1) is 11.1. The van der Waals surface area contributed by atoms with Crippen molar-refractivity contribution < 1.29 is 32.5 Å². The molecule has 0 bridgehead atoms. The monoisotopic (exact) mass is 445 g/mol. The molecule has 2 rings (SSSR count). The molecule has 0 aliphatic carbocycles. The molecule has 1 aromatic heterocycles. The second-order valence-corrected chi connectivity index (χ2v) is 6.67. The lowest BCUT2D eigenvalue weighted by atomic mass is 10.3. The predicted octanol–water partition coefficient (Wildman–Crippen LogP) is 2.90. The standard InChI is InChI=1S/C11H8BrClF2N3O5P/c12-8-9(18(17-10(8)13)4-23-24(20,21)22)11(19)16-7-2-1-5(14)3-6(7)15/h1-3H,4H2,(H,16,19)(H2,20,21,22). The average molecular weight is 447 g/mol. The molecule has 0 aliphatic heterocycles. The van der Waals surface area contributed by atoms with Gasteiger partial charge >= 0.3 is 7.82 Å². The number of phosphoric acid groups is 1. The van der Waals surface area contributed by atoms with E-state index >= 15 is 0 Å². The van der Waals surface area contributed by atoms with E-state index in [-0.39, 0.29) is 21.0 Å². The van der Waals surface area contributed by atoms with Crippen LogP contribution in [0.3, 0.4) is 0 Å². The number of nitrogens with one attached hydrogen (secondary N) is 1. The minimum Gasteiger partial charge on any atom is -0.318 e. The number of amides is 1. The molecule has 0 saturated carbocycles. The van der Waals surface area contributed by atoms with Crippen LogP contribution in [0.2, 0.25) is 5.15 Å². The highest BCUT2D eigenvalue weighted by molar-refractivity contribution is 9.10. The fraction of sp³-hybridized carbons (Fsp3) is 0.0909. The fourth-order valence-corrected chi connectivity index (χ4v) is 2.53. The van der Waals surface area contributed by atoms with Crippen LogP contribution in [0, 0.1) is 11.6 Å². The summed E-state index contributed by atoms with van der Waals surface area (Å²) in [5, 5.41) is 5.64. The number of benzene rings is 1. The SMILES string of the molecule is O=C(Nc1ccc(F)cc1F)c1c(Br)c(Cl)nn1COP(=O)(O)O. The van der Waals surface area contributed by atoms with E-state index < -0.39 is 32.1 Å². The predicted molar refractivity (Wildman–Crippen MR) is 82.4 cm³/mol. The summed E-state index contributed by atoms with van der Waals surface area (Å²) in [7, 11) is -4.82. The van der Waals surface area contributed by atoms with Crippen LogP contribution >= 0.6 is 35.4 Å². The molecule has 0 aliphatic rings. The molecule has 3 N–H and O–H groups in total. The van der Waals surface area contributed by atoms with E-state index in [9.17, 15) is 18.1 Å². The summed E-state index contributed by atoms with van der Waals surface area (Å²) >= 11 is 8.74. The van der Waals surface area contributed by atoms with Gasteiger partial charge in [0.15, 0.2) is 11.9 Å². The van der Waals surface area contributed by atoms with E-state index in [1.807, 2.05) is 0 Å². The van der Waals surface area contributed by atoms with Crippen LogP contribution < -0.4 is 5.32 Å². The van der Waals surface area contributed by atoms with E-state index in [4.69, 9.17) is 21.4 Å². The highest BCUT2D eigenvalue weighted by Crippen LogP contribution is 2.37. The molecule has 13 heteroatoms. The topological polar surface area (TPSA) is 114 Å². The van der Waals surface area contributed by atoms with Crippen LogP contribution in [0.4, 0.5) is 14.5 Å². The number of hydrogen-bond acceptors (Lipinski definition) is 4. The van der Waals surface area contributed by atoms with Gasteiger partial charge in [0.25, 0.3) is 5.91 Å². The maximum Gasteiger partial charge on any atom is 0.471 e. The quantitative estimate of drug-likeness (QED) is 0.609. The molecule has 2 aromatic rings. The van der Waals surface area contributed by atoms with Gasteiger partial charge in [-0.05, 0) is 28.1 Å². The van der Waals surface area contributed by atoms with Crippen molar-refractivity contribution in [1.29, 1.82) is 0 Å². The maximum atomic E-state index is 13.6. The number of rotatable bonds is 5. The van der Waals surface area contributed by atoms with E-state index in [1.54, 1.807) is 0 Å². The van der Waals surface area contributed by atoms with Crippen molar-refractivity contribution in [3.8, 4) is 0 Å². The molecule has 0 fully saturated rings.